The van der Waals surface area contributed by atoms with Gasteiger partial charge in [-0.3, -0.25) is 4.79 Å². The van der Waals surface area contributed by atoms with Gasteiger partial charge in [0.05, 0.1) is 16.8 Å². The van der Waals surface area contributed by atoms with Crippen LogP contribution in [0, 0.1) is 6.92 Å². The first kappa shape index (κ1) is 17.5. The molecule has 0 aliphatic rings. The number of hydrogen-bond donors (Lipinski definition) is 3. The van der Waals surface area contributed by atoms with Gasteiger partial charge >= 0.3 is 6.03 Å². The molecule has 2 rings (SSSR count). The number of benzene rings is 1. The zero-order chi connectivity index (χ0) is 18.2. The molecule has 0 bridgehead atoms. The van der Waals surface area contributed by atoms with Crippen LogP contribution in [0.2, 0.25) is 0 Å². The van der Waals surface area contributed by atoms with Crippen molar-refractivity contribution in [2.75, 3.05) is 11.6 Å². The second-order valence-corrected chi connectivity index (χ2v) is 7.19. The Labute approximate surface area is 138 Å². The van der Waals surface area contributed by atoms with Gasteiger partial charge in [-0.25, -0.2) is 17.9 Å². The van der Waals surface area contributed by atoms with Crippen LogP contribution in [0.4, 0.5) is 10.5 Å². The first-order valence-corrected chi connectivity index (χ1v) is 8.59. The van der Waals surface area contributed by atoms with Gasteiger partial charge in [-0.2, -0.15) is 5.10 Å². The first-order chi connectivity index (χ1) is 11.0. The number of aromatic hydroxyl groups is 1. The number of urea groups is 1. The molecule has 0 saturated heterocycles. The van der Waals surface area contributed by atoms with E-state index in [2.05, 4.69) is 10.4 Å². The number of nitrogens with two attached hydrogens (primary N) is 1. The van der Waals surface area contributed by atoms with Gasteiger partial charge in [-0.05, 0) is 24.6 Å². The zero-order valence-electron chi connectivity index (χ0n) is 13.2. The van der Waals surface area contributed by atoms with E-state index in [1.165, 1.54) is 32.3 Å². The van der Waals surface area contributed by atoms with E-state index in [4.69, 9.17) is 5.73 Å². The number of hydrogen-bond acceptors (Lipinski definition) is 6. The second kappa shape index (κ2) is 5.96. The van der Waals surface area contributed by atoms with Crippen LogP contribution in [0.5, 0.6) is 5.88 Å². The number of carbonyl (C=O) groups excluding carboxylic acids is 2. The number of nitrogens with one attached hydrogen (secondary N) is 1. The summed E-state index contributed by atoms with van der Waals surface area (Å²) in [6, 6.07) is 1.55. The Hall–Kier alpha value is -2.88. The van der Waals surface area contributed by atoms with Crippen molar-refractivity contribution in [2.24, 2.45) is 12.8 Å². The smallest absolute Gasteiger partial charge is 0.316 e. The minimum Gasteiger partial charge on any atom is -0.493 e. The number of ketones is 1. The predicted molar refractivity (Wildman–Crippen MR) is 85.8 cm³/mol. The Bertz CT molecular complexity index is 946. The van der Waals surface area contributed by atoms with Gasteiger partial charge in [0, 0.05) is 18.9 Å². The average Bonchev–Trinajstić information content (AvgIpc) is 2.78. The van der Waals surface area contributed by atoms with Crippen molar-refractivity contribution in [1.29, 1.82) is 0 Å². The standard InChI is InChI=1S/C14H16N4O5S/c1-7-8(12(19)9-6-16-18(2)13(9)20)4-5-10(24(3,22)23)11(7)17-14(15)21/h4-6,20H,1-3H3,(H3,15,17,21). The molecule has 1 aromatic heterocycles. The molecule has 1 heterocycles. The highest BCUT2D eigenvalue weighted by molar-refractivity contribution is 7.90. The fourth-order valence-electron chi connectivity index (χ4n) is 2.26. The minimum absolute atomic E-state index is 0.0438. The first-order valence-electron chi connectivity index (χ1n) is 6.69. The maximum atomic E-state index is 12.6. The lowest BCUT2D eigenvalue weighted by Gasteiger charge is -2.14. The van der Waals surface area contributed by atoms with Crippen LogP contribution in [-0.2, 0) is 16.9 Å². The molecular formula is C14H16N4O5S. The Morgan fingerprint density at radius 3 is 2.38 bits per heavy atom. The molecule has 1 aromatic carbocycles. The minimum atomic E-state index is -3.66. The summed E-state index contributed by atoms with van der Waals surface area (Å²) in [5.41, 5.74) is 5.29. The van der Waals surface area contributed by atoms with E-state index in [0.29, 0.717) is 0 Å². The Balaban J connectivity index is 2.67. The maximum absolute atomic E-state index is 12.6. The van der Waals surface area contributed by atoms with Crippen molar-refractivity contribution in [2.45, 2.75) is 11.8 Å². The van der Waals surface area contributed by atoms with Gasteiger partial charge in [-0.1, -0.05) is 0 Å². The molecule has 4 N–H and O–H groups in total. The van der Waals surface area contributed by atoms with E-state index in [1.54, 1.807) is 0 Å². The van der Waals surface area contributed by atoms with Gasteiger partial charge < -0.3 is 16.2 Å². The Kier molecular flexibility index (Phi) is 4.34. The van der Waals surface area contributed by atoms with Crippen molar-refractivity contribution in [1.82, 2.24) is 9.78 Å². The van der Waals surface area contributed by atoms with E-state index < -0.39 is 21.7 Å². The summed E-state index contributed by atoms with van der Waals surface area (Å²) >= 11 is 0. The van der Waals surface area contributed by atoms with Crippen LogP contribution >= 0.6 is 0 Å². The summed E-state index contributed by atoms with van der Waals surface area (Å²) in [5, 5.41) is 15.9. The molecule has 0 unspecified atom stereocenters. The van der Waals surface area contributed by atoms with Crippen molar-refractivity contribution >= 4 is 27.3 Å². The molecule has 0 aliphatic heterocycles. The lowest BCUT2D eigenvalue weighted by atomic mass is 9.99. The lowest BCUT2D eigenvalue weighted by molar-refractivity contribution is 0.103. The normalized spacial score (nSPS) is 11.3. The van der Waals surface area contributed by atoms with Crippen molar-refractivity contribution < 1.29 is 23.1 Å². The van der Waals surface area contributed by atoms with Crippen LogP contribution in [0.25, 0.3) is 0 Å². The van der Waals surface area contributed by atoms with Crippen LogP contribution in [0.1, 0.15) is 21.5 Å². The van der Waals surface area contributed by atoms with E-state index in [-0.39, 0.29) is 33.2 Å². The molecule has 10 heteroatoms. The van der Waals surface area contributed by atoms with Gasteiger partial charge in [0.2, 0.25) is 5.88 Å². The van der Waals surface area contributed by atoms with E-state index >= 15 is 0 Å². The van der Waals surface area contributed by atoms with Crippen molar-refractivity contribution in [3.8, 4) is 5.88 Å². The van der Waals surface area contributed by atoms with Crippen LogP contribution < -0.4 is 11.1 Å². The number of rotatable bonds is 4. The summed E-state index contributed by atoms with van der Waals surface area (Å²) in [6.45, 7) is 1.47. The molecular weight excluding hydrogens is 336 g/mol. The number of primary amides is 1. The number of carbonyl (C=O) groups is 2. The molecule has 0 atom stereocenters. The molecule has 0 saturated carbocycles. The number of aryl methyl sites for hydroxylation is 1. The summed E-state index contributed by atoms with van der Waals surface area (Å²) in [7, 11) is -2.20. The Morgan fingerprint density at radius 1 is 1.29 bits per heavy atom. The highest BCUT2D eigenvalue weighted by Gasteiger charge is 2.24. The fraction of sp³-hybridized carbons (Fsp3) is 0.214. The molecule has 128 valence electrons. The maximum Gasteiger partial charge on any atom is 0.316 e. The van der Waals surface area contributed by atoms with Crippen molar-refractivity contribution in [3.63, 3.8) is 0 Å². The molecule has 2 amide bonds. The molecule has 9 nitrogen and oxygen atoms in total. The highest BCUT2D eigenvalue weighted by Crippen LogP contribution is 2.30. The van der Waals surface area contributed by atoms with Gasteiger partial charge in [0.15, 0.2) is 15.6 Å². The monoisotopic (exact) mass is 352 g/mol. The van der Waals surface area contributed by atoms with Gasteiger partial charge in [-0.15, -0.1) is 0 Å². The number of amides is 2. The number of sulfone groups is 1. The third-order valence-corrected chi connectivity index (χ3v) is 4.61. The summed E-state index contributed by atoms with van der Waals surface area (Å²) in [5.74, 6) is -0.887. The fourth-order valence-corrected chi connectivity index (χ4v) is 3.15. The van der Waals surface area contributed by atoms with E-state index in [0.717, 1.165) is 10.9 Å². The quantitative estimate of drug-likeness (QED) is 0.686. The molecule has 0 fully saturated rings. The van der Waals surface area contributed by atoms with Crippen molar-refractivity contribution in [3.05, 3.63) is 35.0 Å². The summed E-state index contributed by atoms with van der Waals surface area (Å²) in [6.07, 6.45) is 2.17. The molecule has 0 spiro atoms. The molecule has 0 radical (unpaired) electrons. The highest BCUT2D eigenvalue weighted by atomic mass is 32.2. The second-order valence-electron chi connectivity index (χ2n) is 5.21. The third-order valence-electron chi connectivity index (χ3n) is 3.47. The Morgan fingerprint density at radius 2 is 1.92 bits per heavy atom. The predicted octanol–water partition coefficient (Wildman–Crippen LogP) is 0.559. The SMILES string of the molecule is Cc1c(C(=O)c2cnn(C)c2O)ccc(S(C)(=O)=O)c1NC(N)=O. The number of aromatic nitrogens is 2. The van der Waals surface area contributed by atoms with E-state index in [9.17, 15) is 23.1 Å². The molecule has 2 aromatic rings. The van der Waals surface area contributed by atoms with E-state index in [1.807, 2.05) is 0 Å². The van der Waals surface area contributed by atoms with Crippen LogP contribution in [-0.4, -0.2) is 41.4 Å². The number of nitrogens with zero attached hydrogens (tertiary/aromatic N) is 2. The third kappa shape index (κ3) is 3.08. The summed E-state index contributed by atoms with van der Waals surface area (Å²) in [4.78, 5) is 23.6. The molecule has 24 heavy (non-hydrogen) atoms. The summed E-state index contributed by atoms with van der Waals surface area (Å²) < 4.78 is 24.9. The largest absolute Gasteiger partial charge is 0.493 e. The lowest BCUT2D eigenvalue weighted by Crippen LogP contribution is -2.22. The van der Waals surface area contributed by atoms with Crippen LogP contribution in [0.15, 0.2) is 23.2 Å². The zero-order valence-corrected chi connectivity index (χ0v) is 14.0. The average molecular weight is 352 g/mol. The number of anilines is 1. The molecule has 0 aliphatic carbocycles. The van der Waals surface area contributed by atoms with Gasteiger partial charge in [0.1, 0.15) is 5.56 Å². The topological polar surface area (TPSA) is 144 Å². The van der Waals surface area contributed by atoms with Crippen LogP contribution in [0.3, 0.4) is 0 Å². The van der Waals surface area contributed by atoms with Gasteiger partial charge in [0.25, 0.3) is 0 Å².